The number of phenols is 1. The zero-order valence-corrected chi connectivity index (χ0v) is 8.12. The lowest BCUT2D eigenvalue weighted by Gasteiger charge is -2.03. The van der Waals surface area contributed by atoms with E-state index in [1.165, 1.54) is 24.5 Å². The maximum atomic E-state index is 9.62. The van der Waals surface area contributed by atoms with Crippen LogP contribution in [0.1, 0.15) is 5.56 Å². The van der Waals surface area contributed by atoms with Gasteiger partial charge in [0.15, 0.2) is 5.82 Å². The van der Waals surface area contributed by atoms with Crippen LogP contribution in [0.25, 0.3) is 11.4 Å². The van der Waals surface area contributed by atoms with Crippen LogP contribution in [0.2, 0.25) is 0 Å². The third kappa shape index (κ3) is 1.74. The van der Waals surface area contributed by atoms with E-state index in [9.17, 15) is 5.11 Å². The lowest BCUT2D eigenvalue weighted by atomic mass is 10.1. The molecule has 0 aliphatic rings. The third-order valence-corrected chi connectivity index (χ3v) is 1.96. The van der Waals surface area contributed by atoms with Gasteiger partial charge in [0, 0.05) is 0 Å². The number of aromatic hydroxyl groups is 1. The minimum absolute atomic E-state index is 0.00963. The molecule has 1 heterocycles. The van der Waals surface area contributed by atoms with Crippen molar-refractivity contribution in [2.45, 2.75) is 0 Å². The average Bonchev–Trinajstić information content (AvgIpc) is 2.30. The van der Waals surface area contributed by atoms with Gasteiger partial charge in [0.1, 0.15) is 12.1 Å². The molecule has 6 nitrogen and oxygen atoms in total. The fourth-order valence-electron chi connectivity index (χ4n) is 1.22. The number of nitrogens with zero attached hydrogens (tertiary/aromatic N) is 4. The summed E-state index contributed by atoms with van der Waals surface area (Å²) in [6.45, 7) is 0. The van der Waals surface area contributed by atoms with E-state index in [0.717, 1.165) is 0 Å². The van der Waals surface area contributed by atoms with E-state index in [2.05, 4.69) is 15.0 Å². The molecular weight excluding hydrogens is 206 g/mol. The summed E-state index contributed by atoms with van der Waals surface area (Å²) in [6, 6.07) is 6.37. The third-order valence-electron chi connectivity index (χ3n) is 1.96. The fraction of sp³-hybridized carbons (Fsp3) is 0. The van der Waals surface area contributed by atoms with Crippen LogP contribution in [0.3, 0.4) is 0 Å². The monoisotopic (exact) mass is 213 g/mol. The number of hydrogen-bond donors (Lipinski definition) is 2. The standard InChI is InChI=1S/C10H7N5O/c11-4-6-1-2-8(16)7(3-6)9-13-5-14-10(12)15-9/h1-3,5,16H,(H2,12,13,14,15). The number of rotatable bonds is 1. The van der Waals surface area contributed by atoms with Crippen molar-refractivity contribution in [1.29, 1.82) is 5.26 Å². The van der Waals surface area contributed by atoms with Crippen molar-refractivity contribution in [3.63, 3.8) is 0 Å². The summed E-state index contributed by atoms with van der Waals surface area (Å²) < 4.78 is 0. The molecule has 1 aromatic heterocycles. The van der Waals surface area contributed by atoms with Gasteiger partial charge in [0.25, 0.3) is 0 Å². The largest absolute Gasteiger partial charge is 0.507 e. The van der Waals surface area contributed by atoms with E-state index >= 15 is 0 Å². The predicted octanol–water partition coefficient (Wildman–Crippen LogP) is 0.698. The Hall–Kier alpha value is -2.68. The second kappa shape index (κ2) is 3.82. The molecule has 0 saturated heterocycles. The minimum atomic E-state index is -0.00963. The zero-order valence-electron chi connectivity index (χ0n) is 8.12. The van der Waals surface area contributed by atoms with Crippen LogP contribution < -0.4 is 5.73 Å². The van der Waals surface area contributed by atoms with Gasteiger partial charge in [-0.15, -0.1) is 0 Å². The van der Waals surface area contributed by atoms with Crippen molar-refractivity contribution >= 4 is 5.95 Å². The quantitative estimate of drug-likeness (QED) is 0.721. The molecule has 78 valence electrons. The molecule has 3 N–H and O–H groups in total. The smallest absolute Gasteiger partial charge is 0.223 e. The highest BCUT2D eigenvalue weighted by molar-refractivity contribution is 5.66. The first-order chi connectivity index (χ1) is 7.70. The summed E-state index contributed by atoms with van der Waals surface area (Å²) in [5.74, 6) is 0.290. The van der Waals surface area contributed by atoms with Crippen molar-refractivity contribution in [3.8, 4) is 23.2 Å². The van der Waals surface area contributed by atoms with Crippen molar-refractivity contribution in [2.75, 3.05) is 5.73 Å². The molecule has 0 aliphatic heterocycles. The maximum Gasteiger partial charge on any atom is 0.223 e. The first-order valence-electron chi connectivity index (χ1n) is 4.38. The van der Waals surface area contributed by atoms with E-state index in [1.54, 1.807) is 0 Å². The van der Waals surface area contributed by atoms with Crippen LogP contribution in [0.4, 0.5) is 5.95 Å². The van der Waals surface area contributed by atoms with E-state index in [1.807, 2.05) is 6.07 Å². The molecule has 0 saturated carbocycles. The van der Waals surface area contributed by atoms with Gasteiger partial charge in [0.05, 0.1) is 17.2 Å². The molecule has 0 aliphatic carbocycles. The summed E-state index contributed by atoms with van der Waals surface area (Å²) in [6.07, 6.45) is 1.25. The van der Waals surface area contributed by atoms with Crippen LogP contribution in [-0.2, 0) is 0 Å². The SMILES string of the molecule is N#Cc1ccc(O)c(-c2ncnc(N)n2)c1. The Kier molecular flexibility index (Phi) is 2.36. The van der Waals surface area contributed by atoms with Gasteiger partial charge in [-0.2, -0.15) is 10.2 Å². The van der Waals surface area contributed by atoms with Gasteiger partial charge in [0.2, 0.25) is 5.95 Å². The van der Waals surface area contributed by atoms with E-state index in [-0.39, 0.29) is 17.5 Å². The summed E-state index contributed by atoms with van der Waals surface area (Å²) >= 11 is 0. The Morgan fingerprint density at radius 1 is 1.31 bits per heavy atom. The topological polar surface area (TPSA) is 109 Å². The Labute approximate surface area is 91.0 Å². The average molecular weight is 213 g/mol. The molecule has 16 heavy (non-hydrogen) atoms. The van der Waals surface area contributed by atoms with Crippen LogP contribution in [-0.4, -0.2) is 20.1 Å². The van der Waals surface area contributed by atoms with Crippen LogP contribution in [0.5, 0.6) is 5.75 Å². The van der Waals surface area contributed by atoms with Crippen molar-refractivity contribution in [1.82, 2.24) is 15.0 Å². The number of aromatic nitrogens is 3. The van der Waals surface area contributed by atoms with E-state index in [0.29, 0.717) is 11.1 Å². The molecule has 6 heteroatoms. The molecule has 2 aromatic rings. The zero-order chi connectivity index (χ0) is 11.5. The Morgan fingerprint density at radius 2 is 2.12 bits per heavy atom. The van der Waals surface area contributed by atoms with Crippen LogP contribution in [0.15, 0.2) is 24.5 Å². The van der Waals surface area contributed by atoms with Gasteiger partial charge in [-0.1, -0.05) is 0 Å². The summed E-state index contributed by atoms with van der Waals surface area (Å²) in [5, 5.41) is 18.4. The molecule has 0 amide bonds. The number of hydrogen-bond acceptors (Lipinski definition) is 6. The fourth-order valence-corrected chi connectivity index (χ4v) is 1.22. The molecule has 0 unspecified atom stereocenters. The highest BCUT2D eigenvalue weighted by Crippen LogP contribution is 2.26. The van der Waals surface area contributed by atoms with Crippen LogP contribution >= 0.6 is 0 Å². The Bertz CT molecular complexity index is 576. The first kappa shape index (κ1) is 9.86. The van der Waals surface area contributed by atoms with Gasteiger partial charge in [-0.3, -0.25) is 0 Å². The van der Waals surface area contributed by atoms with Gasteiger partial charge in [-0.25, -0.2) is 9.97 Å². The van der Waals surface area contributed by atoms with Crippen molar-refractivity contribution in [2.24, 2.45) is 0 Å². The van der Waals surface area contributed by atoms with Gasteiger partial charge in [-0.05, 0) is 18.2 Å². The number of benzene rings is 1. The summed E-state index contributed by atoms with van der Waals surface area (Å²) in [7, 11) is 0. The Balaban J connectivity index is 2.60. The maximum absolute atomic E-state index is 9.62. The normalized spacial score (nSPS) is 9.69. The first-order valence-corrected chi connectivity index (χ1v) is 4.38. The minimum Gasteiger partial charge on any atom is -0.507 e. The van der Waals surface area contributed by atoms with Gasteiger partial charge < -0.3 is 10.8 Å². The number of nitriles is 1. The number of nitrogen functional groups attached to an aromatic ring is 1. The lowest BCUT2D eigenvalue weighted by molar-refractivity contribution is 0.477. The Morgan fingerprint density at radius 3 is 2.81 bits per heavy atom. The molecule has 1 aromatic carbocycles. The molecular formula is C10H7N5O. The molecule has 0 bridgehead atoms. The number of nitrogens with two attached hydrogens (primary N) is 1. The molecule has 0 spiro atoms. The van der Waals surface area contributed by atoms with E-state index < -0.39 is 0 Å². The van der Waals surface area contributed by atoms with Crippen LogP contribution in [0, 0.1) is 11.3 Å². The van der Waals surface area contributed by atoms with Gasteiger partial charge >= 0.3 is 0 Å². The molecule has 0 atom stereocenters. The second-order valence-corrected chi connectivity index (χ2v) is 3.01. The molecule has 0 radical (unpaired) electrons. The number of anilines is 1. The molecule has 2 rings (SSSR count). The van der Waals surface area contributed by atoms with E-state index in [4.69, 9.17) is 11.0 Å². The highest BCUT2D eigenvalue weighted by Gasteiger charge is 2.08. The molecule has 0 fully saturated rings. The number of phenolic OH excluding ortho intramolecular Hbond substituents is 1. The second-order valence-electron chi connectivity index (χ2n) is 3.01. The van der Waals surface area contributed by atoms with Crippen molar-refractivity contribution < 1.29 is 5.11 Å². The predicted molar refractivity (Wildman–Crippen MR) is 56.1 cm³/mol. The summed E-state index contributed by atoms with van der Waals surface area (Å²) in [5.41, 5.74) is 6.17. The highest BCUT2D eigenvalue weighted by atomic mass is 16.3. The van der Waals surface area contributed by atoms with Crippen molar-refractivity contribution in [3.05, 3.63) is 30.1 Å². The summed E-state index contributed by atoms with van der Waals surface area (Å²) in [4.78, 5) is 11.4. The lowest BCUT2D eigenvalue weighted by Crippen LogP contribution is -1.98.